The van der Waals surface area contributed by atoms with Gasteiger partial charge in [0.15, 0.2) is 11.6 Å². The van der Waals surface area contributed by atoms with Crippen LogP contribution in [-0.4, -0.2) is 62.5 Å². The number of aromatic nitrogens is 3. The number of pyridine rings is 1. The number of aliphatic carboxylic acids is 1. The predicted octanol–water partition coefficient (Wildman–Crippen LogP) is 4.33. The van der Waals surface area contributed by atoms with E-state index in [1.807, 2.05) is 30.3 Å². The number of halogens is 3. The van der Waals surface area contributed by atoms with Crippen molar-refractivity contribution in [2.24, 2.45) is 0 Å². The molecule has 9 nitrogen and oxygen atoms in total. The lowest BCUT2D eigenvalue weighted by atomic mass is 10.1. The van der Waals surface area contributed by atoms with Gasteiger partial charge in [0.25, 0.3) is 0 Å². The Balaban J connectivity index is 0.000000405. The molecular formula is C25H28F3N5O4. The van der Waals surface area contributed by atoms with Crippen LogP contribution in [0.5, 0.6) is 5.75 Å². The van der Waals surface area contributed by atoms with Gasteiger partial charge in [-0.2, -0.15) is 13.2 Å². The van der Waals surface area contributed by atoms with Crippen LogP contribution in [0.2, 0.25) is 0 Å². The zero-order chi connectivity index (χ0) is 26.6. The lowest BCUT2D eigenvalue weighted by molar-refractivity contribution is -0.192. The molecule has 1 aromatic carbocycles. The summed E-state index contributed by atoms with van der Waals surface area (Å²) < 4.78 is 37.9. The molecule has 1 atom stereocenters. The number of carbonyl (C=O) groups is 1. The molecule has 3 heterocycles. The summed E-state index contributed by atoms with van der Waals surface area (Å²) in [5.74, 6) is -0.107. The summed E-state index contributed by atoms with van der Waals surface area (Å²) in [6.07, 6.45) is 2.40. The number of hydrogen-bond acceptors (Lipinski definition) is 8. The average molecular weight is 520 g/mol. The average Bonchev–Trinajstić information content (AvgIpc) is 3.68. The van der Waals surface area contributed by atoms with Crippen LogP contribution in [0.3, 0.4) is 0 Å². The highest BCUT2D eigenvalue weighted by molar-refractivity contribution is 5.80. The van der Waals surface area contributed by atoms with Gasteiger partial charge < -0.3 is 25.2 Å². The molecule has 0 spiro atoms. The fourth-order valence-electron chi connectivity index (χ4n) is 3.84. The first kappa shape index (κ1) is 26.4. The van der Waals surface area contributed by atoms with E-state index in [0.29, 0.717) is 6.04 Å². The summed E-state index contributed by atoms with van der Waals surface area (Å²) >= 11 is 0. The van der Waals surface area contributed by atoms with Crippen molar-refractivity contribution >= 4 is 28.6 Å². The second-order valence-electron chi connectivity index (χ2n) is 9.03. The number of ether oxygens (including phenoxy) is 1. The normalized spacial score (nSPS) is 17.1. The largest absolute Gasteiger partial charge is 0.490 e. The third-order valence-electron chi connectivity index (χ3n) is 6.02. The Kier molecular flexibility index (Phi) is 7.96. The molecule has 2 aliphatic rings. The second kappa shape index (κ2) is 11.2. The summed E-state index contributed by atoms with van der Waals surface area (Å²) in [6, 6.07) is 10.1. The Hall–Kier alpha value is -3.67. The fourth-order valence-corrected chi connectivity index (χ4v) is 3.84. The molecule has 2 aromatic heterocycles. The molecule has 1 aliphatic carbocycles. The Labute approximate surface area is 211 Å². The summed E-state index contributed by atoms with van der Waals surface area (Å²) in [5.41, 5.74) is 2.60. The van der Waals surface area contributed by atoms with Gasteiger partial charge in [0, 0.05) is 38.2 Å². The van der Waals surface area contributed by atoms with E-state index in [1.54, 1.807) is 19.3 Å². The standard InChI is InChI=1S/C23H27N5O2.C2HF3O2/c1-15(29)16-2-6-18(7-3-16)30-19-9-12-28(13-10-19)23-22(25-17-4-5-17)26-20-8-11-24-14-21(20)27-23;3-2(4,5)1(6)7/h2-3,6-8,11,14-15,17,19,29H,4-5,9-10,12-13H2,1H3,(H,25,26);(H,6,7). The number of piperidine rings is 1. The van der Waals surface area contributed by atoms with E-state index >= 15 is 0 Å². The van der Waals surface area contributed by atoms with Crippen molar-refractivity contribution in [1.82, 2.24) is 15.0 Å². The summed E-state index contributed by atoms with van der Waals surface area (Å²) in [5, 5.41) is 20.3. The molecule has 0 radical (unpaired) electrons. The maximum absolute atomic E-state index is 10.6. The third kappa shape index (κ3) is 7.19. The Morgan fingerprint density at radius 2 is 1.73 bits per heavy atom. The molecule has 0 bridgehead atoms. The number of carboxylic acids is 1. The SMILES string of the molecule is CC(O)c1ccc(OC2CCN(c3nc4cnccc4nc3NC3CC3)CC2)cc1.O=C(O)C(F)(F)F. The quantitative estimate of drug-likeness (QED) is 0.437. The van der Waals surface area contributed by atoms with Crippen molar-refractivity contribution in [3.8, 4) is 5.75 Å². The minimum atomic E-state index is -5.08. The number of carboxylic acid groups (broad SMARTS) is 1. The van der Waals surface area contributed by atoms with Gasteiger partial charge in [-0.05, 0) is 43.5 Å². The van der Waals surface area contributed by atoms with Gasteiger partial charge >= 0.3 is 12.1 Å². The first-order valence-electron chi connectivity index (χ1n) is 12.0. The number of rotatable bonds is 6. The lowest BCUT2D eigenvalue weighted by Gasteiger charge is -2.33. The zero-order valence-electron chi connectivity index (χ0n) is 20.1. The van der Waals surface area contributed by atoms with Crippen LogP contribution in [0.1, 0.15) is 44.3 Å². The molecule has 1 aliphatic heterocycles. The van der Waals surface area contributed by atoms with E-state index in [1.165, 1.54) is 12.8 Å². The molecular weight excluding hydrogens is 491 g/mol. The van der Waals surface area contributed by atoms with E-state index in [2.05, 4.69) is 15.2 Å². The molecule has 12 heteroatoms. The Morgan fingerprint density at radius 1 is 1.08 bits per heavy atom. The maximum Gasteiger partial charge on any atom is 0.490 e. The van der Waals surface area contributed by atoms with Gasteiger partial charge in [-0.25, -0.2) is 14.8 Å². The highest BCUT2D eigenvalue weighted by Gasteiger charge is 2.38. The molecule has 3 N–H and O–H groups in total. The molecule has 1 saturated carbocycles. The third-order valence-corrected chi connectivity index (χ3v) is 6.02. The van der Waals surface area contributed by atoms with Crippen molar-refractivity contribution < 1.29 is 32.9 Å². The van der Waals surface area contributed by atoms with Crippen LogP contribution in [0.4, 0.5) is 24.8 Å². The monoisotopic (exact) mass is 519 g/mol. The van der Waals surface area contributed by atoms with Crippen molar-refractivity contribution in [2.45, 2.75) is 57.0 Å². The Morgan fingerprint density at radius 3 is 2.30 bits per heavy atom. The summed E-state index contributed by atoms with van der Waals surface area (Å²) in [7, 11) is 0. The lowest BCUT2D eigenvalue weighted by Crippen LogP contribution is -2.39. The number of hydrogen-bond donors (Lipinski definition) is 3. The van der Waals surface area contributed by atoms with E-state index in [-0.39, 0.29) is 6.10 Å². The summed E-state index contributed by atoms with van der Waals surface area (Å²) in [6.45, 7) is 3.51. The van der Waals surface area contributed by atoms with Crippen molar-refractivity contribution in [3.63, 3.8) is 0 Å². The van der Waals surface area contributed by atoms with E-state index in [9.17, 15) is 18.3 Å². The molecule has 5 rings (SSSR count). The van der Waals surface area contributed by atoms with Gasteiger partial charge in [0.05, 0.1) is 17.8 Å². The van der Waals surface area contributed by atoms with Crippen LogP contribution < -0.4 is 15.0 Å². The molecule has 37 heavy (non-hydrogen) atoms. The van der Waals surface area contributed by atoms with Crippen LogP contribution in [-0.2, 0) is 4.79 Å². The number of nitrogens with zero attached hydrogens (tertiary/aromatic N) is 4. The van der Waals surface area contributed by atoms with Crippen molar-refractivity contribution in [3.05, 3.63) is 48.3 Å². The highest BCUT2D eigenvalue weighted by Crippen LogP contribution is 2.32. The maximum atomic E-state index is 10.6. The Bertz CT molecular complexity index is 1210. The van der Waals surface area contributed by atoms with Gasteiger partial charge in [0.1, 0.15) is 17.4 Å². The van der Waals surface area contributed by atoms with Crippen molar-refractivity contribution in [1.29, 1.82) is 0 Å². The van der Waals surface area contributed by atoms with Gasteiger partial charge in [0.2, 0.25) is 0 Å². The van der Waals surface area contributed by atoms with E-state index in [0.717, 1.165) is 59.9 Å². The highest BCUT2D eigenvalue weighted by atomic mass is 19.4. The number of aliphatic hydroxyl groups is 1. The van der Waals surface area contributed by atoms with E-state index < -0.39 is 18.2 Å². The van der Waals surface area contributed by atoms with Crippen LogP contribution in [0, 0.1) is 0 Å². The molecule has 1 saturated heterocycles. The van der Waals surface area contributed by atoms with Gasteiger partial charge in [-0.1, -0.05) is 12.1 Å². The number of nitrogens with one attached hydrogen (secondary N) is 1. The molecule has 0 amide bonds. The van der Waals surface area contributed by atoms with E-state index in [4.69, 9.17) is 24.6 Å². The summed E-state index contributed by atoms with van der Waals surface area (Å²) in [4.78, 5) is 25.1. The number of anilines is 2. The topological polar surface area (TPSA) is 121 Å². The first-order chi connectivity index (χ1) is 17.6. The molecule has 1 unspecified atom stereocenters. The minimum Gasteiger partial charge on any atom is -0.490 e. The number of aliphatic hydroxyl groups excluding tert-OH is 1. The second-order valence-corrected chi connectivity index (χ2v) is 9.03. The molecule has 198 valence electrons. The number of benzene rings is 1. The minimum absolute atomic E-state index is 0.175. The van der Waals surface area contributed by atoms with Crippen LogP contribution >= 0.6 is 0 Å². The van der Waals surface area contributed by atoms with Crippen LogP contribution in [0.25, 0.3) is 11.0 Å². The van der Waals surface area contributed by atoms with Gasteiger partial charge in [-0.3, -0.25) is 4.98 Å². The van der Waals surface area contributed by atoms with Crippen LogP contribution in [0.15, 0.2) is 42.7 Å². The number of fused-ring (bicyclic) bond motifs is 1. The molecule has 3 aromatic rings. The fraction of sp³-hybridized carbons (Fsp3) is 0.440. The number of alkyl halides is 3. The smallest absolute Gasteiger partial charge is 0.490 e. The van der Waals surface area contributed by atoms with Crippen molar-refractivity contribution in [2.75, 3.05) is 23.3 Å². The zero-order valence-corrected chi connectivity index (χ0v) is 20.1. The van der Waals surface area contributed by atoms with Gasteiger partial charge in [-0.15, -0.1) is 0 Å². The predicted molar refractivity (Wildman–Crippen MR) is 131 cm³/mol. The first-order valence-corrected chi connectivity index (χ1v) is 12.0. The molecule has 2 fully saturated rings.